The minimum Gasteiger partial charge on any atom is -0.347 e. The van der Waals surface area contributed by atoms with E-state index in [0.29, 0.717) is 23.5 Å². The van der Waals surface area contributed by atoms with E-state index in [1.54, 1.807) is 17.0 Å². The van der Waals surface area contributed by atoms with Crippen molar-refractivity contribution in [1.29, 1.82) is 0 Å². The highest BCUT2D eigenvalue weighted by atomic mass is 32.2. The van der Waals surface area contributed by atoms with Crippen LogP contribution in [-0.2, 0) is 20.2 Å². The van der Waals surface area contributed by atoms with Gasteiger partial charge in [-0.15, -0.1) is 11.8 Å². The molecule has 9 heteroatoms. The number of sulfonamides is 1. The number of ketones is 1. The first-order valence-corrected chi connectivity index (χ1v) is 17.8. The Morgan fingerprint density at radius 3 is 2.00 bits per heavy atom. The molecule has 0 unspecified atom stereocenters. The summed E-state index contributed by atoms with van der Waals surface area (Å²) in [6, 6.07) is 15.5. The first-order chi connectivity index (χ1) is 21.2. The van der Waals surface area contributed by atoms with Gasteiger partial charge in [-0.25, -0.2) is 8.42 Å². The lowest BCUT2D eigenvalue weighted by molar-refractivity contribution is -0.112. The zero-order valence-corrected chi connectivity index (χ0v) is 29.2. The normalized spacial score (nSPS) is 17.6. The summed E-state index contributed by atoms with van der Waals surface area (Å²) in [5.74, 6) is 0.0344. The smallest absolute Gasteiger partial charge is 0.255 e. The van der Waals surface area contributed by atoms with Gasteiger partial charge in [0, 0.05) is 61.0 Å². The van der Waals surface area contributed by atoms with Crippen LogP contribution in [0.2, 0.25) is 0 Å². The Bertz CT molecular complexity index is 1790. The van der Waals surface area contributed by atoms with Crippen LogP contribution in [0.3, 0.4) is 0 Å². The molecule has 1 amide bonds. The van der Waals surface area contributed by atoms with Crippen molar-refractivity contribution in [2.75, 3.05) is 43.9 Å². The highest BCUT2D eigenvalue weighted by Crippen LogP contribution is 2.46. The van der Waals surface area contributed by atoms with E-state index in [2.05, 4.69) is 30.9 Å². The fourth-order valence-corrected chi connectivity index (χ4v) is 9.50. The first kappa shape index (κ1) is 33.0. The molecular formula is C36H43N3O4S2. The predicted molar refractivity (Wildman–Crippen MR) is 183 cm³/mol. The van der Waals surface area contributed by atoms with Crippen LogP contribution >= 0.6 is 11.8 Å². The lowest BCUT2D eigenvalue weighted by atomic mass is 9.83. The van der Waals surface area contributed by atoms with Crippen molar-refractivity contribution in [3.63, 3.8) is 0 Å². The van der Waals surface area contributed by atoms with Crippen molar-refractivity contribution < 1.29 is 18.0 Å². The third-order valence-electron chi connectivity index (χ3n) is 9.78. The number of carbonyl (C=O) groups excluding carboxylic acids is 2. The van der Waals surface area contributed by atoms with Crippen LogP contribution in [0.1, 0.15) is 57.6 Å². The number of anilines is 1. The van der Waals surface area contributed by atoms with Gasteiger partial charge in [0.15, 0.2) is 5.78 Å². The van der Waals surface area contributed by atoms with E-state index in [4.69, 9.17) is 0 Å². The van der Waals surface area contributed by atoms with Crippen molar-refractivity contribution in [2.24, 2.45) is 0 Å². The molecular weight excluding hydrogens is 603 g/mol. The van der Waals surface area contributed by atoms with Crippen LogP contribution < -0.4 is 4.90 Å². The lowest BCUT2D eigenvalue weighted by Gasteiger charge is -2.35. The number of para-hydroxylation sites is 1. The molecule has 5 rings (SSSR count). The quantitative estimate of drug-likeness (QED) is 0.220. The van der Waals surface area contributed by atoms with E-state index < -0.39 is 10.0 Å². The minimum absolute atomic E-state index is 0.0176. The molecule has 3 aromatic carbocycles. The van der Waals surface area contributed by atoms with Gasteiger partial charge in [0.1, 0.15) is 0 Å². The Labute approximate surface area is 272 Å². The van der Waals surface area contributed by atoms with Gasteiger partial charge in [0.2, 0.25) is 10.0 Å². The number of amides is 1. The number of nitrogens with zero attached hydrogens (tertiary/aromatic N) is 3. The second-order valence-corrected chi connectivity index (χ2v) is 15.5. The summed E-state index contributed by atoms with van der Waals surface area (Å²) in [4.78, 5) is 31.8. The Kier molecular flexibility index (Phi) is 9.10. The number of piperazine rings is 1. The third-order valence-corrected chi connectivity index (χ3v) is 13.0. The van der Waals surface area contributed by atoms with Crippen molar-refractivity contribution in [3.05, 3.63) is 99.2 Å². The summed E-state index contributed by atoms with van der Waals surface area (Å²) in [7, 11) is -1.73. The molecule has 2 aliphatic heterocycles. The van der Waals surface area contributed by atoms with Gasteiger partial charge in [-0.2, -0.15) is 4.31 Å². The van der Waals surface area contributed by atoms with Gasteiger partial charge >= 0.3 is 0 Å². The molecule has 0 aliphatic carbocycles. The van der Waals surface area contributed by atoms with Gasteiger partial charge in [-0.1, -0.05) is 44.2 Å². The van der Waals surface area contributed by atoms with Crippen LogP contribution in [0.15, 0.2) is 70.1 Å². The summed E-state index contributed by atoms with van der Waals surface area (Å²) >= 11 is 1.36. The number of fused-ring (bicyclic) bond motifs is 1. The van der Waals surface area contributed by atoms with E-state index in [-0.39, 0.29) is 35.9 Å². The van der Waals surface area contributed by atoms with Crippen molar-refractivity contribution in [1.82, 2.24) is 9.21 Å². The Morgan fingerprint density at radius 2 is 1.38 bits per heavy atom. The van der Waals surface area contributed by atoms with Crippen molar-refractivity contribution in [2.45, 2.75) is 63.7 Å². The summed E-state index contributed by atoms with van der Waals surface area (Å²) in [5, 5.41) is 0. The SMILES string of the molecule is Cc1c(C)c(C)c(S(=O)(=O)N2CCN(C(=O)c3ccccc3SCC(=O)/C=C3\N(C)c4ccccc4C3(C)C)CC2)c(C)c1C. The van der Waals surface area contributed by atoms with Crippen LogP contribution in [-0.4, -0.2) is 68.3 Å². The summed E-state index contributed by atoms with van der Waals surface area (Å²) in [5.41, 5.74) is 8.19. The number of thioether (sulfide) groups is 1. The molecule has 0 saturated carbocycles. The number of hydrogen-bond acceptors (Lipinski definition) is 6. The van der Waals surface area contributed by atoms with Gasteiger partial charge < -0.3 is 9.80 Å². The molecule has 1 saturated heterocycles. The molecule has 7 nitrogen and oxygen atoms in total. The Morgan fingerprint density at radius 1 is 0.822 bits per heavy atom. The molecule has 1 fully saturated rings. The largest absolute Gasteiger partial charge is 0.347 e. The van der Waals surface area contributed by atoms with Gasteiger partial charge in [0.25, 0.3) is 5.91 Å². The zero-order chi connectivity index (χ0) is 32.8. The molecule has 3 aromatic rings. The second kappa shape index (κ2) is 12.4. The molecule has 45 heavy (non-hydrogen) atoms. The average molecular weight is 646 g/mol. The lowest BCUT2D eigenvalue weighted by Crippen LogP contribution is -2.50. The van der Waals surface area contributed by atoms with E-state index in [1.165, 1.54) is 21.6 Å². The Balaban J connectivity index is 1.27. The maximum absolute atomic E-state index is 13.8. The van der Waals surface area contributed by atoms with E-state index in [0.717, 1.165) is 44.1 Å². The molecule has 2 aliphatic rings. The first-order valence-electron chi connectivity index (χ1n) is 15.3. The highest BCUT2D eigenvalue weighted by molar-refractivity contribution is 8.00. The summed E-state index contributed by atoms with van der Waals surface area (Å²) < 4.78 is 29.2. The number of allylic oxidation sites excluding steroid dienone is 2. The second-order valence-electron chi connectivity index (χ2n) is 12.6. The summed E-state index contributed by atoms with van der Waals surface area (Å²) in [6.45, 7) is 15.0. The molecule has 0 atom stereocenters. The number of rotatable bonds is 7. The average Bonchev–Trinajstić information content (AvgIpc) is 3.22. The van der Waals surface area contributed by atoms with Crippen LogP contribution in [0.5, 0.6) is 0 Å². The Hall–Kier alpha value is -3.40. The minimum atomic E-state index is -3.72. The highest BCUT2D eigenvalue weighted by Gasteiger charge is 2.39. The number of hydrogen-bond donors (Lipinski definition) is 0. The summed E-state index contributed by atoms with van der Waals surface area (Å²) in [6.07, 6.45) is 1.73. The number of likely N-dealkylation sites (N-methyl/N-ethyl adjacent to an activating group) is 1. The monoisotopic (exact) mass is 645 g/mol. The van der Waals surface area contributed by atoms with Crippen LogP contribution in [0, 0.1) is 34.6 Å². The van der Waals surface area contributed by atoms with E-state index in [1.807, 2.05) is 72.0 Å². The van der Waals surface area contributed by atoms with E-state index >= 15 is 0 Å². The van der Waals surface area contributed by atoms with Gasteiger partial charge in [0.05, 0.1) is 16.2 Å². The molecule has 238 valence electrons. The maximum atomic E-state index is 13.8. The standard InChI is InChI=1S/C36H43N3O4S2/c1-23-24(2)26(4)34(27(5)25(23)3)45(42,43)39-19-17-38(18-20-39)35(41)29-13-9-12-16-32(29)44-22-28(40)21-33-36(6,7)30-14-10-11-15-31(30)37(33)8/h9-16,21H,17-20,22H2,1-8H3/b33-21-. The molecule has 0 radical (unpaired) electrons. The molecule has 2 heterocycles. The van der Waals surface area contributed by atoms with Crippen molar-refractivity contribution >= 4 is 39.2 Å². The molecule has 0 N–H and O–H groups in total. The van der Waals surface area contributed by atoms with Crippen LogP contribution in [0.25, 0.3) is 0 Å². The fourth-order valence-electron chi connectivity index (χ4n) is 6.65. The third kappa shape index (κ3) is 5.86. The topological polar surface area (TPSA) is 78.0 Å². The van der Waals surface area contributed by atoms with Crippen LogP contribution in [0.4, 0.5) is 5.69 Å². The number of benzene rings is 3. The molecule has 0 bridgehead atoms. The fraction of sp³-hybridized carbons (Fsp3) is 0.389. The predicted octanol–water partition coefficient (Wildman–Crippen LogP) is 6.35. The molecule has 0 aromatic heterocycles. The van der Waals surface area contributed by atoms with Gasteiger partial charge in [-0.05, 0) is 86.2 Å². The van der Waals surface area contributed by atoms with Gasteiger partial charge in [-0.3, -0.25) is 9.59 Å². The number of carbonyl (C=O) groups is 2. The molecule has 0 spiro atoms. The maximum Gasteiger partial charge on any atom is 0.255 e. The van der Waals surface area contributed by atoms with E-state index in [9.17, 15) is 18.0 Å². The van der Waals surface area contributed by atoms with Crippen molar-refractivity contribution in [3.8, 4) is 0 Å². The zero-order valence-electron chi connectivity index (χ0n) is 27.5.